The molecule has 0 aliphatic carbocycles. The molecule has 1 aliphatic rings. The van der Waals surface area contributed by atoms with Crippen LogP contribution in [0.3, 0.4) is 0 Å². The van der Waals surface area contributed by atoms with Crippen molar-refractivity contribution in [2.24, 2.45) is 0 Å². The van der Waals surface area contributed by atoms with E-state index in [0.29, 0.717) is 37.3 Å². The zero-order valence-corrected chi connectivity index (χ0v) is 18.9. The fourth-order valence-electron chi connectivity index (χ4n) is 3.76. The molecule has 176 valence electrons. The number of alkyl halides is 3. The Bertz CT molecular complexity index is 1390. The summed E-state index contributed by atoms with van der Waals surface area (Å²) in [5, 5.41) is 9.85. The summed E-state index contributed by atoms with van der Waals surface area (Å²) < 4.78 is 65.8. The Hall–Kier alpha value is -3.65. The zero-order chi connectivity index (χ0) is 24.5. The van der Waals surface area contributed by atoms with Crippen molar-refractivity contribution in [2.75, 3.05) is 31.1 Å². The summed E-state index contributed by atoms with van der Waals surface area (Å²) in [6.45, 7) is 3.17. The van der Waals surface area contributed by atoms with Gasteiger partial charge in [-0.3, -0.25) is 0 Å². The van der Waals surface area contributed by atoms with Crippen molar-refractivity contribution in [3.63, 3.8) is 0 Å². The lowest BCUT2D eigenvalue weighted by Gasteiger charge is -2.36. The lowest BCUT2D eigenvalue weighted by Crippen LogP contribution is -2.44. The number of benzene rings is 1. The molecule has 4 rings (SSSR count). The number of nitriles is 1. The summed E-state index contributed by atoms with van der Waals surface area (Å²) in [4.78, 5) is 10.7. The third-order valence-electron chi connectivity index (χ3n) is 5.50. The van der Waals surface area contributed by atoms with E-state index in [4.69, 9.17) is 0 Å². The van der Waals surface area contributed by atoms with E-state index in [-0.39, 0.29) is 10.5 Å². The van der Waals surface area contributed by atoms with Crippen LogP contribution in [0.25, 0.3) is 10.9 Å². The number of anilines is 1. The highest BCUT2D eigenvalue weighted by molar-refractivity contribution is 7.95. The van der Waals surface area contributed by atoms with Crippen LogP contribution < -0.4 is 4.90 Å². The quantitative estimate of drug-likeness (QED) is 0.516. The third kappa shape index (κ3) is 4.68. The van der Waals surface area contributed by atoms with Gasteiger partial charge in [0.15, 0.2) is 9.93 Å². The summed E-state index contributed by atoms with van der Waals surface area (Å²) in [7, 11) is -4.07. The molecule has 1 fully saturated rings. The molecule has 3 heterocycles. The van der Waals surface area contributed by atoms with E-state index in [0.717, 1.165) is 11.6 Å². The first-order valence-electron chi connectivity index (χ1n) is 10.4. The summed E-state index contributed by atoms with van der Waals surface area (Å²) in [5.74, 6) is 0. The number of aryl methyl sites for hydroxylation is 1. The van der Waals surface area contributed by atoms with Gasteiger partial charge in [-0.05, 0) is 37.3 Å². The van der Waals surface area contributed by atoms with Crippen molar-refractivity contribution in [2.45, 2.75) is 18.1 Å². The Labute approximate surface area is 194 Å². The summed E-state index contributed by atoms with van der Waals surface area (Å²) in [6, 6.07) is 12.3. The topological polar surface area (TPSA) is 90.2 Å². The van der Waals surface area contributed by atoms with Gasteiger partial charge in [0.1, 0.15) is 11.8 Å². The molecule has 7 nitrogen and oxygen atoms in total. The maximum absolute atomic E-state index is 13.4. The average molecular weight is 488 g/mol. The largest absolute Gasteiger partial charge is 0.433 e. The lowest BCUT2D eigenvalue weighted by molar-refractivity contribution is -0.140. The zero-order valence-electron chi connectivity index (χ0n) is 18.1. The SMILES string of the molecule is Cc1ccc2nc(C(F)(F)F)cc(N3CCN(/C=C(/C#N)S(=O)(=O)c4ccccn4)CC3)c2c1. The van der Waals surface area contributed by atoms with E-state index in [1.54, 1.807) is 35.2 Å². The Morgan fingerprint density at radius 2 is 1.85 bits per heavy atom. The molecule has 0 saturated carbocycles. The molecule has 0 unspecified atom stereocenters. The number of pyridine rings is 2. The number of halogens is 3. The molecule has 0 radical (unpaired) electrons. The highest BCUT2D eigenvalue weighted by Crippen LogP contribution is 2.35. The smallest absolute Gasteiger partial charge is 0.372 e. The second-order valence-corrected chi connectivity index (χ2v) is 9.71. The maximum atomic E-state index is 13.4. The Morgan fingerprint density at radius 1 is 1.12 bits per heavy atom. The number of aromatic nitrogens is 2. The van der Waals surface area contributed by atoms with Crippen molar-refractivity contribution in [1.82, 2.24) is 14.9 Å². The predicted molar refractivity (Wildman–Crippen MR) is 120 cm³/mol. The minimum Gasteiger partial charge on any atom is -0.372 e. The second kappa shape index (κ2) is 8.95. The fraction of sp³-hybridized carbons (Fsp3) is 0.261. The van der Waals surface area contributed by atoms with Crippen LogP contribution in [0, 0.1) is 18.3 Å². The summed E-state index contributed by atoms with van der Waals surface area (Å²) in [6.07, 6.45) is -1.98. The van der Waals surface area contributed by atoms with Crippen LogP contribution in [0.2, 0.25) is 0 Å². The van der Waals surface area contributed by atoms with Gasteiger partial charge in [-0.2, -0.15) is 18.4 Å². The van der Waals surface area contributed by atoms with E-state index in [1.807, 2.05) is 11.8 Å². The molecule has 1 aliphatic heterocycles. The second-order valence-electron chi connectivity index (χ2n) is 7.84. The molecule has 0 spiro atoms. The number of fused-ring (bicyclic) bond motifs is 1. The van der Waals surface area contributed by atoms with Crippen LogP contribution in [0.15, 0.2) is 64.8 Å². The van der Waals surface area contributed by atoms with E-state index in [1.165, 1.54) is 24.5 Å². The number of piperazine rings is 1. The predicted octanol–water partition coefficient (Wildman–Crippen LogP) is 3.92. The van der Waals surface area contributed by atoms with E-state index in [9.17, 15) is 26.9 Å². The standard InChI is InChI=1S/C23H20F3N5O2S/c1-16-5-6-19-18(12-16)20(13-21(29-19)23(24,25)26)31-10-8-30(9-11-31)15-17(14-27)34(32,33)22-4-2-3-7-28-22/h2-7,12-13,15H,8-11H2,1H3/b17-15-. The average Bonchev–Trinajstić information content (AvgIpc) is 2.82. The highest BCUT2D eigenvalue weighted by Gasteiger charge is 2.34. The molecular weight excluding hydrogens is 467 g/mol. The van der Waals surface area contributed by atoms with Crippen molar-refractivity contribution in [1.29, 1.82) is 5.26 Å². The number of sulfone groups is 1. The van der Waals surface area contributed by atoms with Crippen molar-refractivity contribution in [3.8, 4) is 6.07 Å². The molecule has 34 heavy (non-hydrogen) atoms. The van der Waals surface area contributed by atoms with Gasteiger partial charge in [0.25, 0.3) is 0 Å². The monoisotopic (exact) mass is 487 g/mol. The molecule has 0 amide bonds. The minimum atomic E-state index is -4.58. The molecule has 3 aromatic rings. The first-order valence-corrected chi connectivity index (χ1v) is 11.8. The number of rotatable bonds is 4. The van der Waals surface area contributed by atoms with Crippen molar-refractivity contribution >= 4 is 26.4 Å². The molecule has 0 bridgehead atoms. The Kier molecular flexibility index (Phi) is 6.18. The fourth-order valence-corrected chi connectivity index (χ4v) is 4.85. The van der Waals surface area contributed by atoms with Gasteiger partial charge in [0, 0.05) is 49.6 Å². The molecule has 1 aromatic carbocycles. The minimum absolute atomic E-state index is 0.222. The van der Waals surface area contributed by atoms with Crippen LogP contribution in [-0.2, 0) is 16.0 Å². The van der Waals surface area contributed by atoms with E-state index < -0.39 is 26.6 Å². The van der Waals surface area contributed by atoms with E-state index in [2.05, 4.69) is 9.97 Å². The molecule has 1 saturated heterocycles. The third-order valence-corrected chi connectivity index (χ3v) is 7.07. The molecule has 0 N–H and O–H groups in total. The van der Waals surface area contributed by atoms with Crippen LogP contribution in [0.4, 0.5) is 18.9 Å². The van der Waals surface area contributed by atoms with Gasteiger partial charge < -0.3 is 9.80 Å². The van der Waals surface area contributed by atoms with Gasteiger partial charge in [-0.15, -0.1) is 0 Å². The van der Waals surface area contributed by atoms with Crippen LogP contribution in [0.5, 0.6) is 0 Å². The highest BCUT2D eigenvalue weighted by atomic mass is 32.2. The molecule has 0 atom stereocenters. The Balaban J connectivity index is 1.61. The van der Waals surface area contributed by atoms with Gasteiger partial charge in [0.05, 0.1) is 5.52 Å². The number of hydrogen-bond acceptors (Lipinski definition) is 7. The van der Waals surface area contributed by atoms with Gasteiger partial charge >= 0.3 is 6.18 Å². The van der Waals surface area contributed by atoms with Crippen LogP contribution in [0.1, 0.15) is 11.3 Å². The van der Waals surface area contributed by atoms with Crippen molar-refractivity contribution < 1.29 is 21.6 Å². The number of allylic oxidation sites excluding steroid dienone is 1. The first kappa shape index (κ1) is 23.5. The van der Waals surface area contributed by atoms with Crippen LogP contribution >= 0.6 is 0 Å². The maximum Gasteiger partial charge on any atom is 0.433 e. The molecular formula is C23H20F3N5O2S. The molecule has 2 aromatic heterocycles. The summed E-state index contributed by atoms with van der Waals surface area (Å²) >= 11 is 0. The number of nitrogens with zero attached hydrogens (tertiary/aromatic N) is 5. The van der Waals surface area contributed by atoms with Gasteiger partial charge in [0.2, 0.25) is 9.84 Å². The number of hydrogen-bond donors (Lipinski definition) is 0. The Morgan fingerprint density at radius 3 is 2.47 bits per heavy atom. The summed E-state index contributed by atoms with van der Waals surface area (Å²) in [5.41, 5.74) is 0.613. The lowest BCUT2D eigenvalue weighted by atomic mass is 10.1. The van der Waals surface area contributed by atoms with Gasteiger partial charge in [-0.1, -0.05) is 17.7 Å². The van der Waals surface area contributed by atoms with E-state index >= 15 is 0 Å². The first-order chi connectivity index (χ1) is 16.1. The molecule has 11 heteroatoms. The van der Waals surface area contributed by atoms with Crippen molar-refractivity contribution in [3.05, 3.63) is 71.0 Å². The van der Waals surface area contributed by atoms with Crippen LogP contribution in [-0.4, -0.2) is 49.5 Å². The normalized spacial score (nSPS) is 15.4. The van der Waals surface area contributed by atoms with Gasteiger partial charge in [-0.25, -0.2) is 18.4 Å².